The van der Waals surface area contributed by atoms with E-state index < -0.39 is 11.0 Å². The first-order chi connectivity index (χ1) is 20.0. The number of anilines is 2. The molecule has 1 aromatic heterocycles. The fourth-order valence-corrected chi connectivity index (χ4v) is 4.56. The summed E-state index contributed by atoms with van der Waals surface area (Å²) in [5.74, 6) is 0.543. The van der Waals surface area contributed by atoms with E-state index in [-0.39, 0.29) is 17.8 Å². The summed E-state index contributed by atoms with van der Waals surface area (Å²) in [6.45, 7) is 8.18. The zero-order valence-electron chi connectivity index (χ0n) is 25.0. The van der Waals surface area contributed by atoms with Crippen LogP contribution in [0.3, 0.4) is 0 Å². The van der Waals surface area contributed by atoms with Gasteiger partial charge in [-0.05, 0) is 47.7 Å². The Labute approximate surface area is 245 Å². The SMILES string of the molecule is COc1ccc(CCC(=O)N(C)Cc2ccccc2)c(Nc2nc3ccc(CNC(=O)C(C)(C)C)c(C)c3c(=O)o2)c1. The molecule has 0 saturated carbocycles. The van der Waals surface area contributed by atoms with Crippen LogP contribution in [0.5, 0.6) is 5.75 Å². The van der Waals surface area contributed by atoms with Gasteiger partial charge in [-0.15, -0.1) is 0 Å². The van der Waals surface area contributed by atoms with Gasteiger partial charge >= 0.3 is 11.6 Å². The first-order valence-corrected chi connectivity index (χ1v) is 13.9. The molecule has 9 nitrogen and oxygen atoms in total. The molecule has 3 aromatic carbocycles. The summed E-state index contributed by atoms with van der Waals surface area (Å²) >= 11 is 0. The highest BCUT2D eigenvalue weighted by atomic mass is 16.5. The minimum absolute atomic E-state index is 0.0148. The molecule has 0 bridgehead atoms. The highest BCUT2D eigenvalue weighted by Crippen LogP contribution is 2.28. The van der Waals surface area contributed by atoms with Crippen molar-refractivity contribution in [1.82, 2.24) is 15.2 Å². The van der Waals surface area contributed by atoms with Gasteiger partial charge in [-0.2, -0.15) is 4.98 Å². The molecule has 0 atom stereocenters. The lowest BCUT2D eigenvalue weighted by atomic mass is 9.95. The Morgan fingerprint density at radius 2 is 1.74 bits per heavy atom. The second kappa shape index (κ2) is 12.9. The van der Waals surface area contributed by atoms with Crippen molar-refractivity contribution in [2.45, 2.75) is 53.6 Å². The van der Waals surface area contributed by atoms with Crippen LogP contribution < -0.4 is 21.0 Å². The second-order valence-electron chi connectivity index (χ2n) is 11.4. The number of aryl methyl sites for hydroxylation is 2. The molecule has 9 heteroatoms. The number of fused-ring (bicyclic) bond motifs is 1. The number of aromatic nitrogens is 1. The predicted octanol–water partition coefficient (Wildman–Crippen LogP) is 5.50. The molecule has 42 heavy (non-hydrogen) atoms. The number of hydrogen-bond donors (Lipinski definition) is 2. The van der Waals surface area contributed by atoms with Gasteiger partial charge in [0, 0.05) is 43.7 Å². The van der Waals surface area contributed by atoms with Crippen LogP contribution >= 0.6 is 0 Å². The fourth-order valence-electron chi connectivity index (χ4n) is 4.56. The average molecular weight is 571 g/mol. The van der Waals surface area contributed by atoms with Gasteiger partial charge in [0.05, 0.1) is 18.0 Å². The Kier molecular flexibility index (Phi) is 9.30. The predicted molar refractivity (Wildman–Crippen MR) is 164 cm³/mol. The number of amides is 2. The Bertz CT molecular complexity index is 1640. The molecule has 0 radical (unpaired) electrons. The summed E-state index contributed by atoms with van der Waals surface area (Å²) < 4.78 is 11.0. The molecule has 4 rings (SSSR count). The quantitative estimate of drug-likeness (QED) is 0.259. The maximum absolute atomic E-state index is 13.1. The summed E-state index contributed by atoms with van der Waals surface area (Å²) in [6.07, 6.45) is 0.762. The van der Waals surface area contributed by atoms with E-state index in [2.05, 4.69) is 15.6 Å². The van der Waals surface area contributed by atoms with Crippen molar-refractivity contribution in [2.75, 3.05) is 19.5 Å². The van der Waals surface area contributed by atoms with Crippen LogP contribution in [0.2, 0.25) is 0 Å². The van der Waals surface area contributed by atoms with Crippen LogP contribution in [0.15, 0.2) is 69.9 Å². The average Bonchev–Trinajstić information content (AvgIpc) is 2.95. The van der Waals surface area contributed by atoms with Crippen molar-refractivity contribution in [3.8, 4) is 5.75 Å². The third kappa shape index (κ3) is 7.34. The maximum atomic E-state index is 13.1. The first kappa shape index (κ1) is 30.3. The summed E-state index contributed by atoms with van der Waals surface area (Å²) in [5, 5.41) is 6.41. The third-order valence-corrected chi connectivity index (χ3v) is 7.15. The number of carbonyl (C=O) groups is 2. The van der Waals surface area contributed by atoms with Crippen molar-refractivity contribution >= 4 is 34.4 Å². The van der Waals surface area contributed by atoms with Gasteiger partial charge < -0.3 is 24.7 Å². The van der Waals surface area contributed by atoms with E-state index in [0.717, 1.165) is 16.7 Å². The summed E-state index contributed by atoms with van der Waals surface area (Å²) in [6, 6.07) is 19.0. The number of hydrogen-bond acceptors (Lipinski definition) is 7. The van der Waals surface area contributed by atoms with E-state index in [1.807, 2.05) is 76.2 Å². The standard InChI is InChI=1S/C33H38N4O5/c1-21-24(19-34-31(40)33(2,3)4)13-16-26-29(21)30(39)42-32(35-26)36-27-18-25(41-6)15-12-23(27)14-17-28(38)37(5)20-22-10-8-7-9-11-22/h7-13,15-16,18H,14,17,19-20H2,1-6H3,(H,34,40)(H,35,36). The number of rotatable bonds is 10. The lowest BCUT2D eigenvalue weighted by molar-refractivity contribution is -0.130. The monoisotopic (exact) mass is 570 g/mol. The lowest BCUT2D eigenvalue weighted by Gasteiger charge is -2.18. The van der Waals surface area contributed by atoms with Gasteiger partial charge in [-0.25, -0.2) is 4.79 Å². The molecule has 0 saturated heterocycles. The van der Waals surface area contributed by atoms with Crippen LogP contribution in [0, 0.1) is 12.3 Å². The van der Waals surface area contributed by atoms with Crippen molar-refractivity contribution in [3.05, 3.63) is 93.3 Å². The van der Waals surface area contributed by atoms with E-state index in [1.54, 1.807) is 31.2 Å². The zero-order valence-corrected chi connectivity index (χ0v) is 25.0. The van der Waals surface area contributed by atoms with Crippen LogP contribution in [-0.2, 0) is 29.1 Å². The minimum atomic E-state index is -0.536. The van der Waals surface area contributed by atoms with Crippen LogP contribution in [-0.4, -0.2) is 35.9 Å². The first-order valence-electron chi connectivity index (χ1n) is 13.9. The normalized spacial score (nSPS) is 11.3. The van der Waals surface area contributed by atoms with E-state index in [0.29, 0.717) is 53.8 Å². The van der Waals surface area contributed by atoms with Crippen molar-refractivity contribution < 1.29 is 18.7 Å². The molecule has 1 heterocycles. The largest absolute Gasteiger partial charge is 0.497 e. The van der Waals surface area contributed by atoms with Crippen LogP contribution in [0.1, 0.15) is 49.4 Å². The molecule has 4 aromatic rings. The third-order valence-electron chi connectivity index (χ3n) is 7.15. The Morgan fingerprint density at radius 1 is 1.02 bits per heavy atom. The van der Waals surface area contributed by atoms with Gasteiger partial charge in [-0.1, -0.05) is 63.2 Å². The summed E-state index contributed by atoms with van der Waals surface area (Å²) in [5.41, 5.74) is 3.47. The van der Waals surface area contributed by atoms with Gasteiger partial charge in [0.25, 0.3) is 0 Å². The number of methoxy groups -OCH3 is 1. The molecule has 2 N–H and O–H groups in total. The highest BCUT2D eigenvalue weighted by molar-refractivity contribution is 5.84. The molecule has 220 valence electrons. The van der Waals surface area contributed by atoms with Gasteiger partial charge in [0.2, 0.25) is 11.8 Å². The Hall–Kier alpha value is -4.66. The highest BCUT2D eigenvalue weighted by Gasteiger charge is 2.21. The fraction of sp³-hybridized carbons (Fsp3) is 0.333. The van der Waals surface area contributed by atoms with Crippen molar-refractivity contribution in [1.29, 1.82) is 0 Å². The molecule has 0 aliphatic heterocycles. The topological polar surface area (TPSA) is 114 Å². The van der Waals surface area contributed by atoms with Gasteiger partial charge in [-0.3, -0.25) is 9.59 Å². The Balaban J connectivity index is 1.52. The van der Waals surface area contributed by atoms with Crippen LogP contribution in [0.4, 0.5) is 11.7 Å². The number of carbonyl (C=O) groups excluding carboxylic acids is 2. The second-order valence-corrected chi connectivity index (χ2v) is 11.4. The maximum Gasteiger partial charge on any atom is 0.348 e. The van der Waals surface area contributed by atoms with Crippen molar-refractivity contribution in [2.24, 2.45) is 5.41 Å². The smallest absolute Gasteiger partial charge is 0.348 e. The van der Waals surface area contributed by atoms with E-state index in [4.69, 9.17) is 9.15 Å². The summed E-state index contributed by atoms with van der Waals surface area (Å²) in [7, 11) is 3.36. The molecule has 0 aliphatic carbocycles. The molecule has 0 aliphatic rings. The van der Waals surface area contributed by atoms with Gasteiger partial charge in [0.1, 0.15) is 5.75 Å². The van der Waals surface area contributed by atoms with Gasteiger partial charge in [0.15, 0.2) is 0 Å². The van der Waals surface area contributed by atoms with E-state index in [9.17, 15) is 14.4 Å². The van der Waals surface area contributed by atoms with Crippen LogP contribution in [0.25, 0.3) is 10.9 Å². The van der Waals surface area contributed by atoms with E-state index in [1.165, 1.54) is 0 Å². The van der Waals surface area contributed by atoms with Crippen molar-refractivity contribution in [3.63, 3.8) is 0 Å². The molecular weight excluding hydrogens is 532 g/mol. The number of nitrogens with zero attached hydrogens (tertiary/aromatic N) is 2. The number of nitrogens with one attached hydrogen (secondary N) is 2. The Morgan fingerprint density at radius 3 is 2.43 bits per heavy atom. The summed E-state index contributed by atoms with van der Waals surface area (Å²) in [4.78, 5) is 44.6. The zero-order chi connectivity index (χ0) is 30.4. The number of ether oxygens (including phenoxy) is 1. The molecule has 0 fully saturated rings. The molecular formula is C33H38N4O5. The minimum Gasteiger partial charge on any atom is -0.497 e. The van der Waals surface area contributed by atoms with E-state index >= 15 is 0 Å². The number of benzene rings is 3. The molecule has 0 spiro atoms. The molecule has 0 unspecified atom stereocenters. The lowest BCUT2D eigenvalue weighted by Crippen LogP contribution is -2.34. The molecule has 2 amide bonds.